The Morgan fingerprint density at radius 2 is 1.54 bits per heavy atom. The van der Waals surface area contributed by atoms with E-state index in [0.29, 0.717) is 5.56 Å². The number of hydrogen-bond donors (Lipinski definition) is 2. The van der Waals surface area contributed by atoms with E-state index in [2.05, 4.69) is 0 Å². The molecule has 0 aromatic heterocycles. The minimum absolute atomic E-state index is 0.0629. The molecule has 3 aromatic rings. The Kier molecular flexibility index (Phi) is 4.04. The molecule has 4 nitrogen and oxygen atoms in total. The van der Waals surface area contributed by atoms with Crippen molar-refractivity contribution in [3.63, 3.8) is 0 Å². The van der Waals surface area contributed by atoms with Gasteiger partial charge in [-0.2, -0.15) is 0 Å². The molecule has 0 saturated carbocycles. The van der Waals surface area contributed by atoms with Crippen LogP contribution in [0.15, 0.2) is 60.7 Å². The van der Waals surface area contributed by atoms with Crippen LogP contribution in [0.3, 0.4) is 0 Å². The Morgan fingerprint density at radius 3 is 2.25 bits per heavy atom. The Hall–Kier alpha value is -3.14. The summed E-state index contributed by atoms with van der Waals surface area (Å²) in [7, 11) is 0. The van der Waals surface area contributed by atoms with E-state index in [9.17, 15) is 14.7 Å². The molecule has 0 bridgehead atoms. The quantitative estimate of drug-likeness (QED) is 0.767. The SMILES string of the molecule is CC(c1cccc(C(=O)O)c1C(N)=O)c1cccc2ccccc12. The van der Waals surface area contributed by atoms with Gasteiger partial charge < -0.3 is 10.8 Å². The van der Waals surface area contributed by atoms with Gasteiger partial charge in [0.2, 0.25) is 5.91 Å². The first-order chi connectivity index (χ1) is 11.5. The molecule has 3 aromatic carbocycles. The molecule has 24 heavy (non-hydrogen) atoms. The zero-order chi connectivity index (χ0) is 17.3. The van der Waals surface area contributed by atoms with E-state index in [-0.39, 0.29) is 17.0 Å². The van der Waals surface area contributed by atoms with Crippen molar-refractivity contribution in [1.82, 2.24) is 0 Å². The van der Waals surface area contributed by atoms with Crippen LogP contribution in [-0.2, 0) is 0 Å². The third-order valence-corrected chi connectivity index (χ3v) is 4.33. The highest BCUT2D eigenvalue weighted by Crippen LogP contribution is 2.33. The molecular weight excluding hydrogens is 302 g/mol. The average molecular weight is 319 g/mol. The van der Waals surface area contributed by atoms with Crippen molar-refractivity contribution in [2.75, 3.05) is 0 Å². The maximum atomic E-state index is 11.9. The van der Waals surface area contributed by atoms with Crippen LogP contribution in [0.2, 0.25) is 0 Å². The number of rotatable bonds is 4. The van der Waals surface area contributed by atoms with E-state index in [0.717, 1.165) is 16.3 Å². The molecular formula is C20H17NO3. The summed E-state index contributed by atoms with van der Waals surface area (Å²) in [4.78, 5) is 23.3. The number of hydrogen-bond acceptors (Lipinski definition) is 2. The van der Waals surface area contributed by atoms with Crippen molar-refractivity contribution in [3.05, 3.63) is 82.9 Å². The summed E-state index contributed by atoms with van der Waals surface area (Å²) >= 11 is 0. The fraction of sp³-hybridized carbons (Fsp3) is 0.100. The smallest absolute Gasteiger partial charge is 0.336 e. The molecule has 1 atom stereocenters. The van der Waals surface area contributed by atoms with Crippen molar-refractivity contribution in [2.45, 2.75) is 12.8 Å². The normalized spacial score (nSPS) is 12.0. The second kappa shape index (κ2) is 6.16. The first-order valence-electron chi connectivity index (χ1n) is 7.64. The lowest BCUT2D eigenvalue weighted by atomic mass is 9.85. The van der Waals surface area contributed by atoms with Crippen molar-refractivity contribution in [1.29, 1.82) is 0 Å². The highest BCUT2D eigenvalue weighted by Gasteiger charge is 2.23. The predicted molar refractivity (Wildman–Crippen MR) is 93.4 cm³/mol. The third-order valence-electron chi connectivity index (χ3n) is 4.33. The van der Waals surface area contributed by atoms with E-state index in [1.54, 1.807) is 12.1 Å². The molecule has 4 heteroatoms. The largest absolute Gasteiger partial charge is 0.478 e. The number of carboxylic acid groups (broad SMARTS) is 1. The summed E-state index contributed by atoms with van der Waals surface area (Å²) in [6.07, 6.45) is 0. The Morgan fingerprint density at radius 1 is 0.917 bits per heavy atom. The Labute approximate surface area is 139 Å². The molecule has 120 valence electrons. The Balaban J connectivity index is 2.23. The van der Waals surface area contributed by atoms with Crippen molar-refractivity contribution < 1.29 is 14.7 Å². The number of carboxylic acids is 1. The lowest BCUT2D eigenvalue weighted by Gasteiger charge is -2.19. The van der Waals surface area contributed by atoms with E-state index in [1.807, 2.05) is 49.4 Å². The van der Waals surface area contributed by atoms with Crippen LogP contribution in [0.1, 0.15) is 44.7 Å². The van der Waals surface area contributed by atoms with Crippen LogP contribution in [0.4, 0.5) is 0 Å². The minimum Gasteiger partial charge on any atom is -0.478 e. The van der Waals surface area contributed by atoms with Crippen molar-refractivity contribution >= 4 is 22.6 Å². The summed E-state index contributed by atoms with van der Waals surface area (Å²) < 4.78 is 0. The summed E-state index contributed by atoms with van der Waals surface area (Å²) in [6, 6.07) is 18.8. The van der Waals surface area contributed by atoms with E-state index >= 15 is 0 Å². The predicted octanol–water partition coefficient (Wildman–Crippen LogP) is 3.79. The number of aromatic carboxylic acids is 1. The van der Waals surface area contributed by atoms with E-state index < -0.39 is 11.9 Å². The highest BCUT2D eigenvalue weighted by atomic mass is 16.4. The number of primary amides is 1. The number of carbonyl (C=O) groups is 2. The second-order valence-corrected chi connectivity index (χ2v) is 5.73. The van der Waals surface area contributed by atoms with Gasteiger partial charge >= 0.3 is 5.97 Å². The van der Waals surface area contributed by atoms with Gasteiger partial charge in [-0.15, -0.1) is 0 Å². The second-order valence-electron chi connectivity index (χ2n) is 5.73. The van der Waals surface area contributed by atoms with Gasteiger partial charge in [0.25, 0.3) is 0 Å². The van der Waals surface area contributed by atoms with E-state index in [4.69, 9.17) is 5.73 Å². The zero-order valence-electron chi connectivity index (χ0n) is 13.2. The lowest BCUT2D eigenvalue weighted by molar-refractivity contribution is 0.0692. The maximum absolute atomic E-state index is 11.9. The molecule has 0 saturated heterocycles. The molecule has 1 unspecified atom stereocenters. The molecule has 0 heterocycles. The van der Waals surface area contributed by atoms with Gasteiger partial charge in [0.05, 0.1) is 11.1 Å². The number of nitrogens with two attached hydrogens (primary N) is 1. The van der Waals surface area contributed by atoms with Crippen LogP contribution in [0.25, 0.3) is 10.8 Å². The van der Waals surface area contributed by atoms with Gasteiger partial charge in [0.15, 0.2) is 0 Å². The highest BCUT2D eigenvalue weighted by molar-refractivity contribution is 6.05. The molecule has 0 radical (unpaired) electrons. The van der Waals surface area contributed by atoms with Gasteiger partial charge in [-0.1, -0.05) is 61.5 Å². The van der Waals surface area contributed by atoms with Gasteiger partial charge in [0.1, 0.15) is 0 Å². The van der Waals surface area contributed by atoms with Crippen LogP contribution in [0.5, 0.6) is 0 Å². The van der Waals surface area contributed by atoms with Crippen LogP contribution in [0, 0.1) is 0 Å². The molecule has 0 aliphatic carbocycles. The summed E-state index contributed by atoms with van der Waals surface area (Å²) in [5.74, 6) is -2.05. The number of amides is 1. The van der Waals surface area contributed by atoms with Gasteiger partial charge in [-0.05, 0) is 28.0 Å². The molecule has 1 amide bonds. The lowest BCUT2D eigenvalue weighted by Crippen LogP contribution is -2.20. The Bertz CT molecular complexity index is 941. The monoisotopic (exact) mass is 319 g/mol. The molecule has 0 fully saturated rings. The molecule has 3 N–H and O–H groups in total. The first kappa shape index (κ1) is 15.7. The fourth-order valence-corrected chi connectivity index (χ4v) is 3.18. The fourth-order valence-electron chi connectivity index (χ4n) is 3.18. The maximum Gasteiger partial charge on any atom is 0.336 e. The number of benzene rings is 3. The standard InChI is InChI=1S/C20H17NO3/c1-12(14-9-4-7-13-6-2-3-8-16(13)14)15-10-5-11-17(20(23)24)18(15)19(21)22/h2-12H,1H3,(H2,21,22)(H,23,24). The average Bonchev–Trinajstić information content (AvgIpc) is 2.59. The van der Waals surface area contributed by atoms with Gasteiger partial charge in [-0.3, -0.25) is 4.79 Å². The van der Waals surface area contributed by atoms with Crippen LogP contribution in [-0.4, -0.2) is 17.0 Å². The summed E-state index contributed by atoms with van der Waals surface area (Å²) in [5, 5.41) is 11.5. The van der Waals surface area contributed by atoms with Crippen LogP contribution >= 0.6 is 0 Å². The van der Waals surface area contributed by atoms with Crippen molar-refractivity contribution in [3.8, 4) is 0 Å². The van der Waals surface area contributed by atoms with E-state index in [1.165, 1.54) is 6.07 Å². The third kappa shape index (κ3) is 2.63. The summed E-state index contributed by atoms with van der Waals surface area (Å²) in [6.45, 7) is 1.95. The molecule has 0 aliphatic rings. The molecule has 0 spiro atoms. The van der Waals surface area contributed by atoms with Crippen LogP contribution < -0.4 is 5.73 Å². The number of fused-ring (bicyclic) bond motifs is 1. The number of carbonyl (C=O) groups excluding carboxylic acids is 1. The molecule has 3 rings (SSSR count). The molecule has 0 aliphatic heterocycles. The van der Waals surface area contributed by atoms with Gasteiger partial charge in [-0.25, -0.2) is 4.79 Å². The summed E-state index contributed by atoms with van der Waals surface area (Å²) in [5.41, 5.74) is 7.14. The first-order valence-corrected chi connectivity index (χ1v) is 7.64. The van der Waals surface area contributed by atoms with Crippen molar-refractivity contribution in [2.24, 2.45) is 5.73 Å². The zero-order valence-corrected chi connectivity index (χ0v) is 13.2. The van der Waals surface area contributed by atoms with Gasteiger partial charge in [0, 0.05) is 5.92 Å². The topological polar surface area (TPSA) is 80.4 Å². The minimum atomic E-state index is -1.16.